The lowest BCUT2D eigenvalue weighted by Crippen LogP contribution is -2.32. The first kappa shape index (κ1) is 19.4. The zero-order valence-electron chi connectivity index (χ0n) is 15.7. The number of aryl methyl sites for hydroxylation is 2. The Labute approximate surface area is 164 Å². The normalized spacial score (nSPS) is 16.4. The van der Waals surface area contributed by atoms with Gasteiger partial charge >= 0.3 is 0 Å². The number of hydrogen-bond acceptors (Lipinski definition) is 5. The van der Waals surface area contributed by atoms with Gasteiger partial charge in [0.25, 0.3) is 0 Å². The largest absolute Gasteiger partial charge is 0.326 e. The molecule has 0 spiro atoms. The van der Waals surface area contributed by atoms with Gasteiger partial charge in [-0.2, -0.15) is 0 Å². The van der Waals surface area contributed by atoms with Gasteiger partial charge < -0.3 is 10.6 Å². The number of carbonyl (C=O) groups is 1. The lowest BCUT2D eigenvalue weighted by atomic mass is 9.84. The lowest BCUT2D eigenvalue weighted by Gasteiger charge is -2.28. The minimum absolute atomic E-state index is 0.120. The number of anilines is 1. The first-order chi connectivity index (χ1) is 12.5. The van der Waals surface area contributed by atoms with Crippen molar-refractivity contribution in [2.45, 2.75) is 49.3 Å². The van der Waals surface area contributed by atoms with E-state index in [4.69, 9.17) is 0 Å². The third-order valence-corrected chi connectivity index (χ3v) is 7.02. The fraction of sp³-hybridized carbons (Fsp3) is 0.500. The Kier molecular flexibility index (Phi) is 6.73. The van der Waals surface area contributed by atoms with Gasteiger partial charge in [-0.1, -0.05) is 18.7 Å². The maximum absolute atomic E-state index is 12.5. The molecular weight excluding hydrogens is 362 g/mol. The molecule has 1 aliphatic heterocycles. The number of piperidine rings is 1. The summed E-state index contributed by atoms with van der Waals surface area (Å²) in [5.41, 5.74) is 3.05. The Bertz CT molecular complexity index is 753. The fourth-order valence-electron chi connectivity index (χ4n) is 3.39. The molecule has 0 bridgehead atoms. The van der Waals surface area contributed by atoms with Crippen LogP contribution < -0.4 is 10.6 Å². The van der Waals surface area contributed by atoms with Crippen LogP contribution in [0.4, 0.5) is 5.69 Å². The van der Waals surface area contributed by atoms with E-state index in [2.05, 4.69) is 40.1 Å². The van der Waals surface area contributed by atoms with Crippen LogP contribution in [0.3, 0.4) is 0 Å². The van der Waals surface area contributed by atoms with E-state index >= 15 is 0 Å². The van der Waals surface area contributed by atoms with Gasteiger partial charge in [0.15, 0.2) is 4.34 Å². The van der Waals surface area contributed by atoms with E-state index in [9.17, 15) is 4.79 Å². The molecule has 1 amide bonds. The van der Waals surface area contributed by atoms with Crippen LogP contribution in [-0.2, 0) is 4.79 Å². The molecule has 6 heteroatoms. The molecule has 1 fully saturated rings. The first-order valence-corrected chi connectivity index (χ1v) is 10.9. The van der Waals surface area contributed by atoms with Crippen molar-refractivity contribution in [1.82, 2.24) is 10.3 Å². The predicted octanol–water partition coefficient (Wildman–Crippen LogP) is 4.88. The molecule has 1 unspecified atom stereocenters. The second-order valence-corrected chi connectivity index (χ2v) is 9.33. The first-order valence-electron chi connectivity index (χ1n) is 9.22. The maximum atomic E-state index is 12.5. The summed E-state index contributed by atoms with van der Waals surface area (Å²) in [5, 5.41) is 8.55. The van der Waals surface area contributed by atoms with E-state index in [1.807, 2.05) is 19.9 Å². The molecule has 1 aliphatic rings. The van der Waals surface area contributed by atoms with E-state index < -0.39 is 0 Å². The second-order valence-electron chi connectivity index (χ2n) is 7.15. The Hall–Kier alpha value is -1.37. The Morgan fingerprint density at radius 3 is 2.81 bits per heavy atom. The topological polar surface area (TPSA) is 54.0 Å². The second kappa shape index (κ2) is 9.02. The van der Waals surface area contributed by atoms with Gasteiger partial charge in [0.1, 0.15) is 0 Å². The van der Waals surface area contributed by atoms with Crippen molar-refractivity contribution in [1.29, 1.82) is 0 Å². The number of nitrogens with zero attached hydrogens (tertiary/aromatic N) is 1. The summed E-state index contributed by atoms with van der Waals surface area (Å²) in [4.78, 5) is 18.1. The number of rotatable bonds is 6. The molecule has 1 aromatic heterocycles. The van der Waals surface area contributed by atoms with E-state index in [-0.39, 0.29) is 5.91 Å². The average Bonchev–Trinajstić information content (AvgIpc) is 3.03. The highest BCUT2D eigenvalue weighted by Crippen LogP contribution is 2.32. The summed E-state index contributed by atoms with van der Waals surface area (Å²) in [6.07, 6.45) is 2.95. The molecule has 2 N–H and O–H groups in total. The molecule has 1 atom stereocenters. The average molecular weight is 390 g/mol. The third-order valence-electron chi connectivity index (χ3n) is 4.97. The van der Waals surface area contributed by atoms with Gasteiger partial charge in [0.2, 0.25) is 5.91 Å². The zero-order valence-corrected chi connectivity index (χ0v) is 17.3. The standard InChI is InChI=1S/C20H27N3OS2/c1-13(16-6-8-21-9-7-16)11-19(24)23-18-5-4-17(10-14(18)2)26-20-22-15(3)12-25-20/h4-5,10,12-13,16,21H,6-9,11H2,1-3H3,(H,23,24). The van der Waals surface area contributed by atoms with Gasteiger partial charge in [0.05, 0.1) is 0 Å². The van der Waals surface area contributed by atoms with E-state index in [0.29, 0.717) is 18.3 Å². The summed E-state index contributed by atoms with van der Waals surface area (Å²) in [7, 11) is 0. The monoisotopic (exact) mass is 389 g/mol. The van der Waals surface area contributed by atoms with Crippen LogP contribution in [0.5, 0.6) is 0 Å². The van der Waals surface area contributed by atoms with E-state index in [1.165, 1.54) is 12.8 Å². The van der Waals surface area contributed by atoms with Crippen LogP contribution in [0.15, 0.2) is 32.8 Å². The molecule has 0 saturated carbocycles. The smallest absolute Gasteiger partial charge is 0.224 e. The molecule has 3 rings (SSSR count). The van der Waals surface area contributed by atoms with Crippen LogP contribution >= 0.6 is 23.1 Å². The number of aromatic nitrogens is 1. The Morgan fingerprint density at radius 1 is 1.38 bits per heavy atom. The van der Waals surface area contributed by atoms with Crippen LogP contribution in [0.1, 0.15) is 37.4 Å². The molecule has 1 saturated heterocycles. The van der Waals surface area contributed by atoms with Crippen molar-refractivity contribution < 1.29 is 4.79 Å². The highest BCUT2D eigenvalue weighted by molar-refractivity contribution is 8.01. The number of carbonyl (C=O) groups excluding carboxylic acids is 1. The van der Waals surface area contributed by atoms with Gasteiger partial charge in [-0.15, -0.1) is 11.3 Å². The summed E-state index contributed by atoms with van der Waals surface area (Å²) in [6, 6.07) is 6.18. The van der Waals surface area contributed by atoms with Gasteiger partial charge in [-0.3, -0.25) is 4.79 Å². The van der Waals surface area contributed by atoms with Crippen molar-refractivity contribution >= 4 is 34.7 Å². The molecule has 2 heterocycles. The molecule has 0 radical (unpaired) electrons. The van der Waals surface area contributed by atoms with Gasteiger partial charge in [-0.05, 0) is 75.4 Å². The van der Waals surface area contributed by atoms with Crippen molar-refractivity contribution in [3.8, 4) is 0 Å². The van der Waals surface area contributed by atoms with E-state index in [0.717, 1.165) is 39.3 Å². The number of benzene rings is 1. The SMILES string of the molecule is Cc1csc(Sc2ccc(NC(=O)CC(C)C3CCNCC3)c(C)c2)n1. The van der Waals surface area contributed by atoms with E-state index in [1.54, 1.807) is 23.1 Å². The minimum Gasteiger partial charge on any atom is -0.326 e. The molecule has 0 aliphatic carbocycles. The Balaban J connectivity index is 1.56. The van der Waals surface area contributed by atoms with Gasteiger partial charge in [0, 0.05) is 28.1 Å². The Morgan fingerprint density at radius 2 is 2.15 bits per heavy atom. The maximum Gasteiger partial charge on any atom is 0.224 e. The molecule has 1 aromatic carbocycles. The lowest BCUT2D eigenvalue weighted by molar-refractivity contribution is -0.117. The number of hydrogen-bond donors (Lipinski definition) is 2. The predicted molar refractivity (Wildman–Crippen MR) is 110 cm³/mol. The molecule has 26 heavy (non-hydrogen) atoms. The number of thiazole rings is 1. The van der Waals surface area contributed by atoms with Crippen LogP contribution in [0, 0.1) is 25.7 Å². The number of amides is 1. The molecule has 2 aromatic rings. The van der Waals surface area contributed by atoms with Crippen LogP contribution in [0.25, 0.3) is 0 Å². The summed E-state index contributed by atoms with van der Waals surface area (Å²) >= 11 is 3.33. The summed E-state index contributed by atoms with van der Waals surface area (Å²) in [6.45, 7) is 8.41. The highest BCUT2D eigenvalue weighted by Gasteiger charge is 2.22. The van der Waals surface area contributed by atoms with Crippen LogP contribution in [-0.4, -0.2) is 24.0 Å². The van der Waals surface area contributed by atoms with Crippen molar-refractivity contribution in [3.05, 3.63) is 34.8 Å². The molecular formula is C20H27N3OS2. The summed E-state index contributed by atoms with van der Waals surface area (Å²) < 4.78 is 1.05. The van der Waals surface area contributed by atoms with Crippen molar-refractivity contribution in [2.75, 3.05) is 18.4 Å². The van der Waals surface area contributed by atoms with Crippen molar-refractivity contribution in [3.63, 3.8) is 0 Å². The van der Waals surface area contributed by atoms with Crippen molar-refractivity contribution in [2.24, 2.45) is 11.8 Å². The zero-order chi connectivity index (χ0) is 18.5. The summed E-state index contributed by atoms with van der Waals surface area (Å²) in [5.74, 6) is 1.21. The third kappa shape index (κ3) is 5.32. The molecule has 4 nitrogen and oxygen atoms in total. The van der Waals surface area contributed by atoms with Crippen LogP contribution in [0.2, 0.25) is 0 Å². The highest BCUT2D eigenvalue weighted by atomic mass is 32.2. The fourth-order valence-corrected chi connectivity index (χ4v) is 5.30. The quantitative estimate of drug-likeness (QED) is 0.740. The number of nitrogens with one attached hydrogen (secondary N) is 2. The molecule has 140 valence electrons. The minimum atomic E-state index is 0.120. The van der Waals surface area contributed by atoms with Gasteiger partial charge in [-0.25, -0.2) is 4.98 Å².